The first-order chi connectivity index (χ1) is 8.28. The summed E-state index contributed by atoms with van der Waals surface area (Å²) in [4.78, 5) is 0. The van der Waals surface area contributed by atoms with E-state index >= 15 is 0 Å². The summed E-state index contributed by atoms with van der Waals surface area (Å²) in [6.07, 6.45) is 4.29. The van der Waals surface area contributed by atoms with Crippen molar-refractivity contribution in [1.29, 1.82) is 0 Å². The molecule has 0 saturated heterocycles. The summed E-state index contributed by atoms with van der Waals surface area (Å²) in [7, 11) is -1.81. The third kappa shape index (κ3) is 4.52. The molecular formula is C15H32O2Si. The predicted octanol–water partition coefficient (Wildman–Crippen LogP) is 4.51. The first kappa shape index (κ1) is 17.9. The minimum Gasteiger partial charge on any atom is -0.413 e. The molecule has 0 aromatic heterocycles. The van der Waals surface area contributed by atoms with Gasteiger partial charge in [-0.25, -0.2) is 0 Å². The topological polar surface area (TPSA) is 29.5 Å². The van der Waals surface area contributed by atoms with Gasteiger partial charge in [0.25, 0.3) is 0 Å². The molecule has 0 aliphatic heterocycles. The summed E-state index contributed by atoms with van der Waals surface area (Å²) in [5.74, 6) is 0. The Hall–Kier alpha value is -0.123. The van der Waals surface area contributed by atoms with Gasteiger partial charge in [0.2, 0.25) is 0 Å². The van der Waals surface area contributed by atoms with Gasteiger partial charge in [0.15, 0.2) is 8.32 Å². The van der Waals surface area contributed by atoms with Crippen LogP contribution < -0.4 is 0 Å². The zero-order valence-electron chi connectivity index (χ0n) is 13.2. The lowest BCUT2D eigenvalue weighted by Gasteiger charge is -2.42. The zero-order chi connectivity index (χ0) is 14.3. The first-order valence-corrected chi connectivity index (χ1v) is 9.36. The van der Waals surface area contributed by atoms with Crippen molar-refractivity contribution in [3.8, 4) is 0 Å². The molecule has 1 N–H and O–H groups in total. The van der Waals surface area contributed by atoms with E-state index in [1.165, 1.54) is 0 Å². The Labute approximate surface area is 115 Å². The maximum absolute atomic E-state index is 9.93. The second kappa shape index (κ2) is 8.13. The summed E-state index contributed by atoms with van der Waals surface area (Å²) in [6, 6.07) is 0. The molecule has 0 aromatic rings. The lowest BCUT2D eigenvalue weighted by Crippen LogP contribution is -2.49. The van der Waals surface area contributed by atoms with Crippen LogP contribution in [-0.4, -0.2) is 26.1 Å². The molecule has 0 unspecified atom stereocenters. The number of allylic oxidation sites excluding steroid dienone is 1. The standard InChI is InChI=1S/C15H32O2Si/c1-8-9-10-15(16)11-17-18(12(2)3,13(4)5)14(6)7/h8-9,12-16H,10-11H2,1-7H3/b9-8-/t15-/m0/s1. The molecule has 2 nitrogen and oxygen atoms in total. The van der Waals surface area contributed by atoms with Crippen LogP contribution in [-0.2, 0) is 4.43 Å². The molecule has 0 heterocycles. The van der Waals surface area contributed by atoms with Crippen LogP contribution in [0.3, 0.4) is 0 Å². The fraction of sp³-hybridized carbons (Fsp3) is 0.867. The highest BCUT2D eigenvalue weighted by atomic mass is 28.4. The fourth-order valence-electron chi connectivity index (χ4n) is 3.10. The van der Waals surface area contributed by atoms with Crippen LogP contribution in [0.1, 0.15) is 54.9 Å². The third-order valence-electron chi connectivity index (χ3n) is 3.88. The number of hydrogen-bond acceptors (Lipinski definition) is 2. The minimum absolute atomic E-state index is 0.371. The minimum atomic E-state index is -1.81. The van der Waals surface area contributed by atoms with Crippen LogP contribution >= 0.6 is 0 Å². The van der Waals surface area contributed by atoms with Gasteiger partial charge < -0.3 is 9.53 Å². The average Bonchev–Trinajstić information content (AvgIpc) is 2.25. The predicted molar refractivity (Wildman–Crippen MR) is 82.4 cm³/mol. The molecule has 0 bridgehead atoms. The van der Waals surface area contributed by atoms with E-state index in [1.807, 2.05) is 19.1 Å². The normalized spacial score (nSPS) is 15.3. The fourth-order valence-corrected chi connectivity index (χ4v) is 8.58. The van der Waals surface area contributed by atoms with Crippen molar-refractivity contribution < 1.29 is 9.53 Å². The summed E-state index contributed by atoms with van der Waals surface area (Å²) < 4.78 is 6.33. The Kier molecular flexibility index (Phi) is 8.07. The van der Waals surface area contributed by atoms with Crippen molar-refractivity contribution in [1.82, 2.24) is 0 Å². The van der Waals surface area contributed by atoms with Crippen molar-refractivity contribution in [3.63, 3.8) is 0 Å². The monoisotopic (exact) mass is 272 g/mol. The zero-order valence-corrected chi connectivity index (χ0v) is 14.2. The van der Waals surface area contributed by atoms with Crippen molar-refractivity contribution in [3.05, 3.63) is 12.2 Å². The molecule has 0 radical (unpaired) electrons. The van der Waals surface area contributed by atoms with E-state index in [0.717, 1.165) is 0 Å². The van der Waals surface area contributed by atoms with Gasteiger partial charge in [-0.15, -0.1) is 0 Å². The van der Waals surface area contributed by atoms with Gasteiger partial charge in [-0.2, -0.15) is 0 Å². The molecule has 3 heteroatoms. The van der Waals surface area contributed by atoms with Crippen LogP contribution in [0, 0.1) is 0 Å². The largest absolute Gasteiger partial charge is 0.413 e. The molecule has 0 aromatic carbocycles. The van der Waals surface area contributed by atoms with E-state index in [0.29, 0.717) is 29.7 Å². The highest BCUT2D eigenvalue weighted by molar-refractivity contribution is 6.77. The maximum atomic E-state index is 9.93. The molecule has 0 aliphatic rings. The molecule has 0 amide bonds. The number of aliphatic hydroxyl groups excluding tert-OH is 1. The van der Waals surface area contributed by atoms with Gasteiger partial charge in [-0.3, -0.25) is 0 Å². The lowest BCUT2D eigenvalue weighted by atomic mass is 10.2. The van der Waals surface area contributed by atoms with Gasteiger partial charge in [0, 0.05) is 0 Å². The molecule has 1 atom stereocenters. The van der Waals surface area contributed by atoms with Crippen molar-refractivity contribution in [2.24, 2.45) is 0 Å². The molecule has 0 rings (SSSR count). The number of rotatable bonds is 8. The Morgan fingerprint density at radius 2 is 1.44 bits per heavy atom. The van der Waals surface area contributed by atoms with Crippen molar-refractivity contribution in [2.45, 2.75) is 77.6 Å². The second-order valence-corrected chi connectivity index (χ2v) is 11.5. The van der Waals surface area contributed by atoms with Crippen LogP contribution in [0.2, 0.25) is 16.6 Å². The SMILES string of the molecule is C/C=C\C[C@H](O)CO[Si](C(C)C)(C(C)C)C(C)C. The lowest BCUT2D eigenvalue weighted by molar-refractivity contribution is 0.0996. The summed E-state index contributed by atoms with van der Waals surface area (Å²) in [5.41, 5.74) is 1.73. The van der Waals surface area contributed by atoms with E-state index in [4.69, 9.17) is 4.43 Å². The Morgan fingerprint density at radius 3 is 1.78 bits per heavy atom. The third-order valence-corrected chi connectivity index (χ3v) is 9.96. The van der Waals surface area contributed by atoms with Crippen LogP contribution in [0.15, 0.2) is 12.2 Å². The quantitative estimate of drug-likeness (QED) is 0.520. The van der Waals surface area contributed by atoms with Gasteiger partial charge in [0.05, 0.1) is 12.7 Å². The average molecular weight is 273 g/mol. The summed E-state index contributed by atoms with van der Waals surface area (Å²) >= 11 is 0. The van der Waals surface area contributed by atoms with Crippen molar-refractivity contribution >= 4 is 8.32 Å². The van der Waals surface area contributed by atoms with E-state index in [-0.39, 0.29) is 6.10 Å². The first-order valence-electron chi connectivity index (χ1n) is 7.22. The molecule has 0 aliphatic carbocycles. The van der Waals surface area contributed by atoms with Gasteiger partial charge in [-0.1, -0.05) is 53.7 Å². The van der Waals surface area contributed by atoms with E-state index < -0.39 is 8.32 Å². The summed E-state index contributed by atoms with van der Waals surface area (Å²) in [6.45, 7) is 16.1. The second-order valence-electron chi connectivity index (χ2n) is 6.09. The smallest absolute Gasteiger partial charge is 0.200 e. The van der Waals surface area contributed by atoms with Crippen LogP contribution in [0.4, 0.5) is 0 Å². The number of hydrogen-bond donors (Lipinski definition) is 1. The molecule has 0 spiro atoms. The Bertz CT molecular complexity index is 225. The van der Waals surface area contributed by atoms with Crippen LogP contribution in [0.25, 0.3) is 0 Å². The van der Waals surface area contributed by atoms with E-state index in [2.05, 4.69) is 41.5 Å². The van der Waals surface area contributed by atoms with E-state index in [1.54, 1.807) is 0 Å². The molecule has 0 fully saturated rings. The van der Waals surface area contributed by atoms with Gasteiger partial charge >= 0.3 is 0 Å². The molecule has 108 valence electrons. The van der Waals surface area contributed by atoms with Crippen LogP contribution in [0.5, 0.6) is 0 Å². The number of aliphatic hydroxyl groups is 1. The molecule has 0 saturated carbocycles. The maximum Gasteiger partial charge on any atom is 0.200 e. The van der Waals surface area contributed by atoms with Gasteiger partial charge in [-0.05, 0) is 30.0 Å². The Morgan fingerprint density at radius 1 is 1.00 bits per heavy atom. The van der Waals surface area contributed by atoms with E-state index in [9.17, 15) is 5.11 Å². The highest BCUT2D eigenvalue weighted by Crippen LogP contribution is 2.42. The van der Waals surface area contributed by atoms with Gasteiger partial charge in [0.1, 0.15) is 0 Å². The molecular weight excluding hydrogens is 240 g/mol. The highest BCUT2D eigenvalue weighted by Gasteiger charge is 2.45. The van der Waals surface area contributed by atoms with Crippen molar-refractivity contribution in [2.75, 3.05) is 6.61 Å². The Balaban J connectivity index is 4.70. The summed E-state index contributed by atoms with van der Waals surface area (Å²) in [5, 5.41) is 9.93. The molecule has 18 heavy (non-hydrogen) atoms.